The smallest absolute Gasteiger partial charge is 0.314 e. The molecular weight excluding hydrogens is 352 g/mol. The van der Waals surface area contributed by atoms with Crippen molar-refractivity contribution < 1.29 is 17.6 Å². The number of nitrogens with one attached hydrogen (secondary N) is 1. The van der Waals surface area contributed by atoms with E-state index in [0.717, 1.165) is 13.1 Å². The molecule has 7 heteroatoms. The SMILES string of the molecule is Fc1ccc(Br)c([C@@H](CCC(F)(F)F)N2CCNCC2)c1. The molecule has 1 aromatic carbocycles. The lowest BCUT2D eigenvalue weighted by Gasteiger charge is -2.36. The molecule has 1 atom stereocenters. The van der Waals surface area contributed by atoms with E-state index in [0.29, 0.717) is 23.1 Å². The highest BCUT2D eigenvalue weighted by Crippen LogP contribution is 2.35. The van der Waals surface area contributed by atoms with Crippen LogP contribution in [0.1, 0.15) is 24.4 Å². The maximum atomic E-state index is 13.5. The van der Waals surface area contributed by atoms with E-state index >= 15 is 0 Å². The monoisotopic (exact) mass is 368 g/mol. The van der Waals surface area contributed by atoms with E-state index in [1.54, 1.807) is 6.07 Å². The minimum Gasteiger partial charge on any atom is -0.314 e. The van der Waals surface area contributed by atoms with E-state index in [1.807, 2.05) is 4.90 Å². The minimum atomic E-state index is -4.20. The summed E-state index contributed by atoms with van der Waals surface area (Å²) in [4.78, 5) is 1.99. The summed E-state index contributed by atoms with van der Waals surface area (Å²) in [6.07, 6.45) is -5.14. The summed E-state index contributed by atoms with van der Waals surface area (Å²) in [5.74, 6) is -0.430. The molecule has 0 aliphatic carbocycles. The molecule has 1 heterocycles. The van der Waals surface area contributed by atoms with Gasteiger partial charge in [-0.15, -0.1) is 0 Å². The third kappa shape index (κ3) is 4.93. The minimum absolute atomic E-state index is 0.0639. The highest BCUT2D eigenvalue weighted by molar-refractivity contribution is 9.10. The Morgan fingerprint density at radius 2 is 1.90 bits per heavy atom. The molecule has 118 valence electrons. The van der Waals surface area contributed by atoms with Crippen LogP contribution in [0, 0.1) is 5.82 Å². The van der Waals surface area contributed by atoms with Crippen LogP contribution in [0.15, 0.2) is 22.7 Å². The lowest BCUT2D eigenvalue weighted by Crippen LogP contribution is -2.45. The van der Waals surface area contributed by atoms with Gasteiger partial charge in [-0.25, -0.2) is 4.39 Å². The largest absolute Gasteiger partial charge is 0.389 e. The van der Waals surface area contributed by atoms with Crippen LogP contribution in [0.4, 0.5) is 17.6 Å². The average molecular weight is 369 g/mol. The highest BCUT2D eigenvalue weighted by Gasteiger charge is 2.32. The van der Waals surface area contributed by atoms with Gasteiger partial charge in [0.15, 0.2) is 0 Å². The number of hydrogen-bond donors (Lipinski definition) is 1. The second kappa shape index (κ2) is 7.07. The summed E-state index contributed by atoms with van der Waals surface area (Å²) in [5.41, 5.74) is 0.584. The van der Waals surface area contributed by atoms with Crippen LogP contribution in [0.25, 0.3) is 0 Å². The van der Waals surface area contributed by atoms with Gasteiger partial charge in [0.2, 0.25) is 0 Å². The molecule has 1 N–H and O–H groups in total. The molecule has 21 heavy (non-hydrogen) atoms. The van der Waals surface area contributed by atoms with Crippen LogP contribution in [0.5, 0.6) is 0 Å². The molecule has 1 aliphatic rings. The van der Waals surface area contributed by atoms with E-state index in [9.17, 15) is 17.6 Å². The standard InChI is InChI=1S/C14H17BrF4N2/c15-12-2-1-10(16)9-11(12)13(3-4-14(17,18)19)21-7-5-20-6-8-21/h1-2,9,13,20H,3-8H2/t13-/m1/s1. The molecule has 0 bridgehead atoms. The van der Waals surface area contributed by atoms with Gasteiger partial charge in [-0.3, -0.25) is 4.90 Å². The predicted molar refractivity (Wildman–Crippen MR) is 76.6 cm³/mol. The van der Waals surface area contributed by atoms with Crippen molar-refractivity contribution in [3.05, 3.63) is 34.1 Å². The lowest BCUT2D eigenvalue weighted by atomic mass is 9.99. The zero-order chi connectivity index (χ0) is 15.5. The number of hydrogen-bond acceptors (Lipinski definition) is 2. The second-order valence-corrected chi connectivity index (χ2v) is 5.98. The van der Waals surface area contributed by atoms with Gasteiger partial charge in [0.1, 0.15) is 5.82 Å². The lowest BCUT2D eigenvalue weighted by molar-refractivity contribution is -0.138. The highest BCUT2D eigenvalue weighted by atomic mass is 79.9. The summed E-state index contributed by atoms with van der Waals surface area (Å²) in [7, 11) is 0. The Balaban J connectivity index is 2.23. The molecule has 1 saturated heterocycles. The normalized spacial score (nSPS) is 18.7. The molecule has 0 saturated carbocycles. The molecule has 1 aromatic rings. The maximum Gasteiger partial charge on any atom is 0.389 e. The van der Waals surface area contributed by atoms with Crippen molar-refractivity contribution in [2.45, 2.75) is 25.1 Å². The molecule has 0 radical (unpaired) electrons. The first-order chi connectivity index (χ1) is 9.87. The number of nitrogens with zero attached hydrogens (tertiary/aromatic N) is 1. The molecule has 2 nitrogen and oxygen atoms in total. The van der Waals surface area contributed by atoms with Crippen molar-refractivity contribution in [1.29, 1.82) is 0 Å². The third-order valence-corrected chi connectivity index (χ3v) is 4.33. The molecule has 0 unspecified atom stereocenters. The van der Waals surface area contributed by atoms with Crippen molar-refractivity contribution in [2.24, 2.45) is 0 Å². The fraction of sp³-hybridized carbons (Fsp3) is 0.571. The predicted octanol–water partition coefficient (Wildman–Crippen LogP) is 3.88. The van der Waals surface area contributed by atoms with Crippen molar-refractivity contribution >= 4 is 15.9 Å². The molecule has 2 rings (SSSR count). The fourth-order valence-electron chi connectivity index (χ4n) is 2.60. The summed E-state index contributed by atoms with van der Waals surface area (Å²) >= 11 is 3.33. The van der Waals surface area contributed by atoms with Gasteiger partial charge in [-0.1, -0.05) is 15.9 Å². The average Bonchev–Trinajstić information content (AvgIpc) is 2.43. The second-order valence-electron chi connectivity index (χ2n) is 5.12. The topological polar surface area (TPSA) is 15.3 Å². The van der Waals surface area contributed by atoms with Crippen LogP contribution in [0.2, 0.25) is 0 Å². The van der Waals surface area contributed by atoms with Gasteiger partial charge in [0.05, 0.1) is 0 Å². The van der Waals surface area contributed by atoms with E-state index in [-0.39, 0.29) is 6.42 Å². The van der Waals surface area contributed by atoms with Gasteiger partial charge >= 0.3 is 6.18 Å². The Morgan fingerprint density at radius 1 is 1.24 bits per heavy atom. The van der Waals surface area contributed by atoms with Crippen LogP contribution in [-0.4, -0.2) is 37.3 Å². The number of halogens is 5. The molecule has 1 fully saturated rings. The number of piperazine rings is 1. The third-order valence-electron chi connectivity index (χ3n) is 3.61. The van der Waals surface area contributed by atoms with Gasteiger partial charge < -0.3 is 5.32 Å². The van der Waals surface area contributed by atoms with Gasteiger partial charge in [-0.2, -0.15) is 13.2 Å². The summed E-state index contributed by atoms with van der Waals surface area (Å²) in [6.45, 7) is 2.78. The van der Waals surface area contributed by atoms with Crippen LogP contribution >= 0.6 is 15.9 Å². The first kappa shape index (κ1) is 16.7. The van der Waals surface area contributed by atoms with Crippen molar-refractivity contribution in [3.63, 3.8) is 0 Å². The Morgan fingerprint density at radius 3 is 2.52 bits per heavy atom. The molecular formula is C14H17BrF4N2. The molecule has 1 aliphatic heterocycles. The molecule has 0 amide bonds. The molecule has 0 spiro atoms. The summed E-state index contributed by atoms with van der Waals surface area (Å²) < 4.78 is 51.8. The Hall–Kier alpha value is -0.660. The van der Waals surface area contributed by atoms with E-state index in [2.05, 4.69) is 21.2 Å². The fourth-order valence-corrected chi connectivity index (χ4v) is 3.11. The Bertz CT molecular complexity index is 473. The van der Waals surface area contributed by atoms with E-state index in [4.69, 9.17) is 0 Å². The van der Waals surface area contributed by atoms with Gasteiger partial charge in [0, 0.05) is 43.1 Å². The Labute approximate surface area is 129 Å². The molecule has 0 aromatic heterocycles. The first-order valence-electron chi connectivity index (χ1n) is 6.83. The van der Waals surface area contributed by atoms with Crippen LogP contribution in [-0.2, 0) is 0 Å². The van der Waals surface area contributed by atoms with Crippen molar-refractivity contribution in [1.82, 2.24) is 10.2 Å². The van der Waals surface area contributed by atoms with Gasteiger partial charge in [0.25, 0.3) is 0 Å². The van der Waals surface area contributed by atoms with Crippen LogP contribution < -0.4 is 5.32 Å². The van der Waals surface area contributed by atoms with Crippen LogP contribution in [0.3, 0.4) is 0 Å². The zero-order valence-electron chi connectivity index (χ0n) is 11.4. The van der Waals surface area contributed by atoms with Crippen molar-refractivity contribution in [2.75, 3.05) is 26.2 Å². The zero-order valence-corrected chi connectivity index (χ0v) is 13.0. The number of benzene rings is 1. The van der Waals surface area contributed by atoms with E-state index < -0.39 is 24.5 Å². The summed E-state index contributed by atoms with van der Waals surface area (Å²) in [5, 5.41) is 3.17. The number of alkyl halides is 3. The first-order valence-corrected chi connectivity index (χ1v) is 7.62. The quantitative estimate of drug-likeness (QED) is 0.811. The Kier molecular flexibility index (Phi) is 5.62. The summed E-state index contributed by atoms with van der Waals surface area (Å²) in [6, 6.07) is 3.74. The number of rotatable bonds is 4. The maximum absolute atomic E-state index is 13.5. The van der Waals surface area contributed by atoms with Gasteiger partial charge in [-0.05, 0) is 30.2 Å². The van der Waals surface area contributed by atoms with Crippen molar-refractivity contribution in [3.8, 4) is 0 Å². The van der Waals surface area contributed by atoms with E-state index in [1.165, 1.54) is 12.1 Å².